The van der Waals surface area contributed by atoms with Crippen LogP contribution in [0.25, 0.3) is 10.9 Å². The lowest BCUT2D eigenvalue weighted by Crippen LogP contribution is -2.32. The van der Waals surface area contributed by atoms with Gasteiger partial charge in [0.2, 0.25) is 0 Å². The van der Waals surface area contributed by atoms with Crippen LogP contribution in [0.2, 0.25) is 0 Å². The second-order valence-electron chi connectivity index (χ2n) is 8.59. The van der Waals surface area contributed by atoms with Gasteiger partial charge in [-0.15, -0.1) is 0 Å². The minimum absolute atomic E-state index is 0.0272. The van der Waals surface area contributed by atoms with Crippen LogP contribution < -0.4 is 15.9 Å². The number of hydrogen-bond acceptors (Lipinski definition) is 7. The van der Waals surface area contributed by atoms with Crippen molar-refractivity contribution < 1.29 is 19.4 Å². The normalized spacial score (nSPS) is 12.0. The maximum absolute atomic E-state index is 13.7. The molecule has 0 aliphatic heterocycles. The zero-order valence-corrected chi connectivity index (χ0v) is 20.6. The zero-order valence-electron chi connectivity index (χ0n) is 20.6. The molecule has 0 fully saturated rings. The summed E-state index contributed by atoms with van der Waals surface area (Å²) in [4.78, 5) is 46.6. The Morgan fingerprint density at radius 3 is 2.61 bits per heavy atom. The Balaban J connectivity index is 1.90. The average molecular weight is 493 g/mol. The van der Waals surface area contributed by atoms with Crippen molar-refractivity contribution in [2.75, 3.05) is 14.2 Å². The quantitative estimate of drug-likeness (QED) is 0.361. The molecule has 0 bridgehead atoms. The minimum atomic E-state index is -1.02. The number of pyridine rings is 2. The Morgan fingerprint density at radius 1 is 1.17 bits per heavy atom. The van der Waals surface area contributed by atoms with E-state index in [0.717, 1.165) is 5.69 Å². The second-order valence-corrected chi connectivity index (χ2v) is 8.59. The van der Waals surface area contributed by atoms with Gasteiger partial charge in [0.15, 0.2) is 0 Å². The number of benzene rings is 1. The number of nitrogens with zero attached hydrogens (tertiary/aromatic N) is 3. The van der Waals surface area contributed by atoms with Gasteiger partial charge in [-0.25, -0.2) is 4.98 Å². The van der Waals surface area contributed by atoms with E-state index in [2.05, 4.69) is 9.97 Å². The highest BCUT2D eigenvalue weighted by atomic mass is 16.5. The third-order valence-electron chi connectivity index (χ3n) is 6.47. The van der Waals surface area contributed by atoms with Gasteiger partial charge in [-0.2, -0.15) is 0 Å². The molecule has 0 saturated carbocycles. The Kier molecular flexibility index (Phi) is 6.96. The van der Waals surface area contributed by atoms with E-state index in [1.54, 1.807) is 50.8 Å². The number of hydrogen-bond donors (Lipinski definition) is 2. The van der Waals surface area contributed by atoms with E-state index in [1.807, 2.05) is 0 Å². The summed E-state index contributed by atoms with van der Waals surface area (Å²) in [6, 6.07) is 8.42. The molecule has 36 heavy (non-hydrogen) atoms. The van der Waals surface area contributed by atoms with Gasteiger partial charge in [0.25, 0.3) is 11.1 Å². The summed E-state index contributed by atoms with van der Waals surface area (Å²) in [5.74, 6) is -1.32. The average Bonchev–Trinajstić information content (AvgIpc) is 3.38. The maximum Gasteiger partial charge on any atom is 0.306 e. The van der Waals surface area contributed by atoms with E-state index in [0.29, 0.717) is 35.3 Å². The molecular formula is C26H28N4O6. The van der Waals surface area contributed by atoms with Gasteiger partial charge in [-0.3, -0.25) is 14.4 Å². The zero-order chi connectivity index (χ0) is 26.0. The fraction of sp³-hybridized carbons (Fsp3) is 0.308. The lowest BCUT2D eigenvalue weighted by Gasteiger charge is -2.21. The Bertz CT molecular complexity index is 1540. The van der Waals surface area contributed by atoms with Crippen molar-refractivity contribution in [1.29, 1.82) is 0 Å². The SMILES string of the molecule is COC(=O)CC(c1c(O)cc(C)n(CCc2cnc[nH]2)c1=O)c1cc2ccc(OC)cc2n(C)c1=O. The van der Waals surface area contributed by atoms with Crippen LogP contribution in [0.5, 0.6) is 11.5 Å². The van der Waals surface area contributed by atoms with E-state index in [1.165, 1.54) is 29.4 Å². The number of nitrogens with one attached hydrogen (secondary N) is 1. The van der Waals surface area contributed by atoms with E-state index < -0.39 is 23.0 Å². The van der Waals surface area contributed by atoms with Crippen LogP contribution >= 0.6 is 0 Å². The molecule has 0 amide bonds. The fourth-order valence-corrected chi connectivity index (χ4v) is 4.49. The number of aromatic hydroxyl groups is 1. The van der Waals surface area contributed by atoms with Crippen molar-refractivity contribution in [3.63, 3.8) is 0 Å². The number of carbonyl (C=O) groups is 1. The first kappa shape index (κ1) is 24.8. The number of esters is 1. The summed E-state index contributed by atoms with van der Waals surface area (Å²) in [5, 5.41) is 11.6. The highest BCUT2D eigenvalue weighted by Gasteiger charge is 2.29. The smallest absolute Gasteiger partial charge is 0.306 e. The summed E-state index contributed by atoms with van der Waals surface area (Å²) in [6.45, 7) is 2.04. The van der Waals surface area contributed by atoms with Gasteiger partial charge in [-0.1, -0.05) is 0 Å². The van der Waals surface area contributed by atoms with Crippen LogP contribution in [0.15, 0.2) is 52.4 Å². The van der Waals surface area contributed by atoms with Crippen molar-refractivity contribution in [3.05, 3.63) is 86.1 Å². The molecule has 2 N–H and O–H groups in total. The largest absolute Gasteiger partial charge is 0.507 e. The molecule has 4 rings (SSSR count). The third-order valence-corrected chi connectivity index (χ3v) is 6.47. The molecule has 0 aliphatic carbocycles. The predicted octanol–water partition coefficient (Wildman–Crippen LogP) is 2.38. The van der Waals surface area contributed by atoms with Crippen molar-refractivity contribution in [3.8, 4) is 11.5 Å². The van der Waals surface area contributed by atoms with Crippen LogP contribution in [0.4, 0.5) is 0 Å². The van der Waals surface area contributed by atoms with E-state index >= 15 is 0 Å². The molecule has 10 heteroatoms. The summed E-state index contributed by atoms with van der Waals surface area (Å²) in [5.41, 5.74) is 1.34. The molecule has 0 radical (unpaired) electrons. The molecule has 1 aromatic carbocycles. The first-order valence-corrected chi connectivity index (χ1v) is 11.4. The molecule has 0 saturated heterocycles. The minimum Gasteiger partial charge on any atom is -0.507 e. The molecule has 1 unspecified atom stereocenters. The summed E-state index contributed by atoms with van der Waals surface area (Å²) in [7, 11) is 4.39. The fourth-order valence-electron chi connectivity index (χ4n) is 4.49. The maximum atomic E-state index is 13.7. The summed E-state index contributed by atoms with van der Waals surface area (Å²) < 4.78 is 13.1. The molecule has 3 aromatic heterocycles. The highest BCUT2D eigenvalue weighted by Crippen LogP contribution is 2.33. The molecule has 1 atom stereocenters. The monoisotopic (exact) mass is 492 g/mol. The van der Waals surface area contributed by atoms with Crippen LogP contribution in [-0.2, 0) is 29.5 Å². The van der Waals surface area contributed by atoms with Crippen molar-refractivity contribution >= 4 is 16.9 Å². The molecule has 0 spiro atoms. The second kappa shape index (κ2) is 10.1. The highest BCUT2D eigenvalue weighted by molar-refractivity contribution is 5.82. The van der Waals surface area contributed by atoms with Crippen LogP contribution in [0.1, 0.15) is 34.9 Å². The first-order valence-electron chi connectivity index (χ1n) is 11.4. The molecule has 0 aliphatic rings. The van der Waals surface area contributed by atoms with Crippen LogP contribution in [0, 0.1) is 6.92 Å². The Hall–Kier alpha value is -4.34. The number of H-pyrrole nitrogens is 1. The van der Waals surface area contributed by atoms with E-state index in [4.69, 9.17) is 9.47 Å². The predicted molar refractivity (Wildman–Crippen MR) is 134 cm³/mol. The van der Waals surface area contributed by atoms with Crippen LogP contribution in [0.3, 0.4) is 0 Å². The van der Waals surface area contributed by atoms with Crippen molar-refractivity contribution in [2.24, 2.45) is 7.05 Å². The third kappa shape index (κ3) is 4.61. The lowest BCUT2D eigenvalue weighted by molar-refractivity contribution is -0.140. The first-order chi connectivity index (χ1) is 17.2. The van der Waals surface area contributed by atoms with Gasteiger partial charge >= 0.3 is 5.97 Å². The number of ether oxygens (including phenoxy) is 2. The topological polar surface area (TPSA) is 128 Å². The van der Waals surface area contributed by atoms with Gasteiger partial charge in [0.1, 0.15) is 11.5 Å². The van der Waals surface area contributed by atoms with E-state index in [-0.39, 0.29) is 23.3 Å². The number of rotatable bonds is 8. The number of carbonyl (C=O) groups excluding carboxylic acids is 1. The number of aryl methyl sites for hydroxylation is 3. The van der Waals surface area contributed by atoms with Gasteiger partial charge in [-0.05, 0) is 36.6 Å². The summed E-state index contributed by atoms with van der Waals surface area (Å²) >= 11 is 0. The Labute approximate surface area is 206 Å². The standard InChI is InChI=1S/C26H28N4O6/c1-15-9-22(31)24(26(34)30(15)8-7-17-13-27-14-28-17)19(12-23(32)36-4)20-10-16-5-6-18(35-3)11-21(16)29(2)25(20)33/h5-6,9-11,13-14,19,31H,7-8,12H2,1-4H3,(H,27,28). The number of aromatic nitrogens is 4. The number of imidazole rings is 1. The van der Waals surface area contributed by atoms with E-state index in [9.17, 15) is 19.5 Å². The molecule has 188 valence electrons. The lowest BCUT2D eigenvalue weighted by atomic mass is 9.88. The molecule has 10 nitrogen and oxygen atoms in total. The Morgan fingerprint density at radius 2 is 1.94 bits per heavy atom. The summed E-state index contributed by atoms with van der Waals surface area (Å²) in [6.07, 6.45) is 3.45. The van der Waals surface area contributed by atoms with Gasteiger partial charge in [0, 0.05) is 55.1 Å². The number of aromatic amines is 1. The number of fused-ring (bicyclic) bond motifs is 1. The molecule has 4 aromatic rings. The molecular weight excluding hydrogens is 464 g/mol. The number of methoxy groups -OCH3 is 2. The van der Waals surface area contributed by atoms with Crippen molar-refractivity contribution in [1.82, 2.24) is 19.1 Å². The van der Waals surface area contributed by atoms with Gasteiger partial charge < -0.3 is 28.7 Å². The molecule has 3 heterocycles. The van der Waals surface area contributed by atoms with Gasteiger partial charge in [0.05, 0.1) is 38.0 Å². The van der Waals surface area contributed by atoms with Crippen molar-refractivity contribution in [2.45, 2.75) is 32.2 Å². The van der Waals surface area contributed by atoms with Crippen LogP contribution in [-0.4, -0.2) is 44.4 Å².